The zero-order valence-corrected chi connectivity index (χ0v) is 32.9. The predicted molar refractivity (Wildman–Crippen MR) is 216 cm³/mol. The molecule has 0 aromatic carbocycles. The van der Waals surface area contributed by atoms with Crippen molar-refractivity contribution in [2.45, 2.75) is 245 Å². The van der Waals surface area contributed by atoms with Crippen molar-refractivity contribution in [2.24, 2.45) is 0 Å². The highest BCUT2D eigenvalue weighted by Gasteiger charge is 2.02. The third kappa shape index (κ3) is 42.7. The molecule has 0 heterocycles. The van der Waals surface area contributed by atoms with Crippen LogP contribution in [0.25, 0.3) is 0 Å². The maximum atomic E-state index is 12.0. The van der Waals surface area contributed by atoms with E-state index in [2.05, 4.69) is 50.3 Å². The highest BCUT2D eigenvalue weighted by molar-refractivity contribution is 5.69. The molecule has 0 fully saturated rings. The van der Waals surface area contributed by atoms with E-state index in [-0.39, 0.29) is 5.97 Å². The van der Waals surface area contributed by atoms with Gasteiger partial charge in [-0.2, -0.15) is 0 Å². The molecule has 0 aliphatic carbocycles. The molecule has 0 atom stereocenters. The summed E-state index contributed by atoms with van der Waals surface area (Å²) in [6, 6.07) is 0. The Kier molecular flexibility index (Phi) is 42.5. The average Bonchev–Trinajstić information content (AvgIpc) is 3.09. The lowest BCUT2D eigenvalue weighted by molar-refractivity contribution is -0.143. The lowest BCUT2D eigenvalue weighted by Crippen LogP contribution is -2.05. The molecule has 0 saturated carbocycles. The first-order valence-electron chi connectivity index (χ1n) is 21.9. The summed E-state index contributed by atoms with van der Waals surface area (Å²) in [6.07, 6.45) is 61.1. The van der Waals surface area contributed by atoms with E-state index in [0.29, 0.717) is 13.0 Å². The minimum absolute atomic E-state index is 0.00745. The van der Waals surface area contributed by atoms with E-state index in [9.17, 15) is 4.79 Å². The second-order valence-corrected chi connectivity index (χ2v) is 14.7. The Bertz CT molecular complexity index is 690. The zero-order chi connectivity index (χ0) is 34.7. The fourth-order valence-corrected chi connectivity index (χ4v) is 6.54. The van der Waals surface area contributed by atoms with Crippen molar-refractivity contribution >= 4 is 5.97 Å². The van der Waals surface area contributed by atoms with Crippen molar-refractivity contribution in [1.82, 2.24) is 0 Å². The number of carbonyl (C=O) groups is 1. The summed E-state index contributed by atoms with van der Waals surface area (Å²) in [5, 5.41) is 0. The van der Waals surface area contributed by atoms with Crippen LogP contribution < -0.4 is 0 Å². The number of esters is 1. The van der Waals surface area contributed by atoms with Gasteiger partial charge in [0.1, 0.15) is 0 Å². The third-order valence-corrected chi connectivity index (χ3v) is 9.84. The van der Waals surface area contributed by atoms with Gasteiger partial charge in [0.2, 0.25) is 0 Å². The fraction of sp³-hybridized carbons (Fsp3) is 0.848. The number of unbranched alkanes of at least 4 members (excludes halogenated alkanes) is 32. The van der Waals surface area contributed by atoms with Crippen LogP contribution in [0.4, 0.5) is 0 Å². The molecule has 0 spiro atoms. The normalized spacial score (nSPS) is 12.0. The molecule has 2 heteroatoms. The number of hydrogen-bond donors (Lipinski definition) is 0. The highest BCUT2D eigenvalue weighted by atomic mass is 16.5. The summed E-state index contributed by atoms with van der Waals surface area (Å²) in [5.41, 5.74) is 0. The van der Waals surface area contributed by atoms with Gasteiger partial charge in [-0.3, -0.25) is 4.79 Å². The first-order chi connectivity index (χ1) is 23.8. The molecule has 0 aromatic heterocycles. The molecule has 0 saturated heterocycles. The quantitative estimate of drug-likeness (QED) is 0.0368. The van der Waals surface area contributed by atoms with Crippen molar-refractivity contribution in [1.29, 1.82) is 0 Å². The number of carbonyl (C=O) groups excluding carboxylic acids is 1. The summed E-state index contributed by atoms with van der Waals surface area (Å²) < 4.78 is 5.46. The number of ether oxygens (including phenoxy) is 1. The van der Waals surface area contributed by atoms with Crippen LogP contribution in [-0.4, -0.2) is 12.6 Å². The zero-order valence-electron chi connectivity index (χ0n) is 32.9. The van der Waals surface area contributed by atoms with E-state index in [1.807, 2.05) is 0 Å². The predicted octanol–water partition coefficient (Wildman–Crippen LogP) is 16.3. The largest absolute Gasteiger partial charge is 0.466 e. The van der Waals surface area contributed by atoms with Crippen LogP contribution >= 0.6 is 0 Å². The summed E-state index contributed by atoms with van der Waals surface area (Å²) in [4.78, 5) is 12.0. The molecule has 0 rings (SSSR count). The van der Waals surface area contributed by atoms with Crippen molar-refractivity contribution < 1.29 is 9.53 Å². The second-order valence-electron chi connectivity index (χ2n) is 14.7. The number of allylic oxidation sites excluding steroid dienone is 6. The minimum atomic E-state index is 0.00745. The second kappa shape index (κ2) is 43.7. The molecule has 0 radical (unpaired) electrons. The third-order valence-electron chi connectivity index (χ3n) is 9.84. The molecular weight excluding hydrogens is 585 g/mol. The fourth-order valence-electron chi connectivity index (χ4n) is 6.54. The Morgan fingerprint density at radius 1 is 0.354 bits per heavy atom. The van der Waals surface area contributed by atoms with Crippen LogP contribution in [0.5, 0.6) is 0 Å². The van der Waals surface area contributed by atoms with E-state index < -0.39 is 0 Å². The lowest BCUT2D eigenvalue weighted by Gasteiger charge is -2.06. The Labute approximate surface area is 302 Å². The Hall–Kier alpha value is -1.31. The maximum absolute atomic E-state index is 12.0. The smallest absolute Gasteiger partial charge is 0.305 e. The van der Waals surface area contributed by atoms with E-state index in [1.54, 1.807) is 0 Å². The standard InChI is InChI=1S/C46H86O2/c1-3-5-7-9-11-13-15-17-19-20-21-22-23-24-25-26-27-28-29-31-33-35-37-39-41-43-45-48-46(47)44-42-40-38-36-34-32-30-18-16-14-12-10-8-6-4-2/h10,12,14,16,18,30H,3-9,11,13,15,17,19-29,31-45H2,1-2H3. The number of rotatable bonds is 40. The summed E-state index contributed by atoms with van der Waals surface area (Å²) >= 11 is 0. The van der Waals surface area contributed by atoms with E-state index in [4.69, 9.17) is 4.74 Å². The van der Waals surface area contributed by atoms with Crippen LogP contribution in [0, 0.1) is 0 Å². The molecule has 282 valence electrons. The molecule has 48 heavy (non-hydrogen) atoms. The van der Waals surface area contributed by atoms with Gasteiger partial charge < -0.3 is 4.74 Å². The van der Waals surface area contributed by atoms with Crippen molar-refractivity contribution in [3.63, 3.8) is 0 Å². The Balaban J connectivity index is 3.20. The van der Waals surface area contributed by atoms with Gasteiger partial charge in [0, 0.05) is 6.42 Å². The maximum Gasteiger partial charge on any atom is 0.305 e. The van der Waals surface area contributed by atoms with Crippen LogP contribution in [0.1, 0.15) is 245 Å². The number of hydrogen-bond acceptors (Lipinski definition) is 2. The van der Waals surface area contributed by atoms with Gasteiger partial charge in [0.05, 0.1) is 6.61 Å². The summed E-state index contributed by atoms with van der Waals surface area (Å²) in [6.45, 7) is 5.15. The lowest BCUT2D eigenvalue weighted by atomic mass is 10.0. The van der Waals surface area contributed by atoms with Gasteiger partial charge in [-0.1, -0.05) is 243 Å². The van der Waals surface area contributed by atoms with E-state index in [0.717, 1.165) is 25.7 Å². The molecule has 0 N–H and O–H groups in total. The first-order valence-corrected chi connectivity index (χ1v) is 21.9. The van der Waals surface area contributed by atoms with Crippen molar-refractivity contribution in [3.05, 3.63) is 36.5 Å². The summed E-state index contributed by atoms with van der Waals surface area (Å²) in [7, 11) is 0. The van der Waals surface area contributed by atoms with Crippen LogP contribution in [-0.2, 0) is 9.53 Å². The van der Waals surface area contributed by atoms with Gasteiger partial charge in [0.15, 0.2) is 0 Å². The Morgan fingerprint density at radius 2 is 0.667 bits per heavy atom. The van der Waals surface area contributed by atoms with Gasteiger partial charge in [0.25, 0.3) is 0 Å². The molecule has 0 amide bonds. The first kappa shape index (κ1) is 46.7. The van der Waals surface area contributed by atoms with Crippen LogP contribution in [0.15, 0.2) is 36.5 Å². The van der Waals surface area contributed by atoms with Crippen LogP contribution in [0.3, 0.4) is 0 Å². The molecular formula is C46H86O2. The van der Waals surface area contributed by atoms with Crippen molar-refractivity contribution in [3.8, 4) is 0 Å². The topological polar surface area (TPSA) is 26.3 Å². The van der Waals surface area contributed by atoms with Crippen molar-refractivity contribution in [2.75, 3.05) is 6.61 Å². The van der Waals surface area contributed by atoms with Crippen LogP contribution in [0.2, 0.25) is 0 Å². The highest BCUT2D eigenvalue weighted by Crippen LogP contribution is 2.16. The van der Waals surface area contributed by atoms with E-state index in [1.165, 1.54) is 199 Å². The monoisotopic (exact) mass is 671 g/mol. The molecule has 2 nitrogen and oxygen atoms in total. The van der Waals surface area contributed by atoms with E-state index >= 15 is 0 Å². The van der Waals surface area contributed by atoms with Gasteiger partial charge in [-0.15, -0.1) is 0 Å². The Morgan fingerprint density at radius 3 is 1.06 bits per heavy atom. The molecule has 0 aliphatic heterocycles. The minimum Gasteiger partial charge on any atom is -0.466 e. The molecule has 0 unspecified atom stereocenters. The SMILES string of the molecule is CCCCC=CC=CC=CCCCCCCCC(=O)OCCCCCCCCCCCCCCCCCCCCCCCCCCCC. The average molecular weight is 671 g/mol. The molecule has 0 bridgehead atoms. The summed E-state index contributed by atoms with van der Waals surface area (Å²) in [5.74, 6) is 0.00745. The van der Waals surface area contributed by atoms with Gasteiger partial charge in [-0.05, 0) is 32.1 Å². The van der Waals surface area contributed by atoms with Gasteiger partial charge in [-0.25, -0.2) is 0 Å². The molecule has 0 aromatic rings. The molecule has 0 aliphatic rings. The van der Waals surface area contributed by atoms with Gasteiger partial charge >= 0.3 is 5.97 Å².